The summed E-state index contributed by atoms with van der Waals surface area (Å²) in [4.78, 5) is 11.3. The molecular weight excluding hydrogens is 172 g/mol. The van der Waals surface area contributed by atoms with E-state index in [-0.39, 0.29) is 0 Å². The molecule has 0 fully saturated rings. The summed E-state index contributed by atoms with van der Waals surface area (Å²) in [5.41, 5.74) is 2.88. The van der Waals surface area contributed by atoms with Crippen LogP contribution in [0.15, 0.2) is 24.3 Å². The molecule has 0 amide bonds. The van der Waals surface area contributed by atoms with Crippen LogP contribution in [0.25, 0.3) is 0 Å². The van der Waals surface area contributed by atoms with Crippen molar-refractivity contribution in [2.24, 2.45) is 5.92 Å². The third-order valence-electron chi connectivity index (χ3n) is 3.22. The molecule has 0 N–H and O–H groups in total. The topological polar surface area (TPSA) is 17.1 Å². The maximum absolute atomic E-state index is 11.3. The lowest BCUT2D eigenvalue weighted by atomic mass is 9.96. The lowest BCUT2D eigenvalue weighted by Crippen LogP contribution is -2.10. The molecule has 1 aliphatic carbocycles. The van der Waals surface area contributed by atoms with Crippen LogP contribution in [0.5, 0.6) is 0 Å². The van der Waals surface area contributed by atoms with Gasteiger partial charge in [0.1, 0.15) is 5.78 Å². The zero-order valence-electron chi connectivity index (χ0n) is 8.62. The van der Waals surface area contributed by atoms with Crippen molar-refractivity contribution in [3.05, 3.63) is 35.4 Å². The Hall–Kier alpha value is -1.11. The van der Waals surface area contributed by atoms with E-state index >= 15 is 0 Å². The summed E-state index contributed by atoms with van der Waals surface area (Å²) in [6, 6.07) is 8.57. The number of hydrogen-bond donors (Lipinski definition) is 0. The number of hydrogen-bond acceptors (Lipinski definition) is 1. The van der Waals surface area contributed by atoms with Gasteiger partial charge in [-0.2, -0.15) is 0 Å². The van der Waals surface area contributed by atoms with E-state index in [0.29, 0.717) is 11.7 Å². The predicted molar refractivity (Wildman–Crippen MR) is 57.3 cm³/mol. The van der Waals surface area contributed by atoms with Gasteiger partial charge in [0.05, 0.1) is 0 Å². The van der Waals surface area contributed by atoms with Gasteiger partial charge < -0.3 is 0 Å². The molecule has 0 atom stereocenters. The number of ketones is 1. The Morgan fingerprint density at radius 3 is 2.07 bits per heavy atom. The molecule has 0 aromatic heterocycles. The minimum atomic E-state index is 0.294. The van der Waals surface area contributed by atoms with Crippen LogP contribution in [0.3, 0.4) is 0 Å². The van der Waals surface area contributed by atoms with Gasteiger partial charge in [0.15, 0.2) is 0 Å². The first-order valence-corrected chi connectivity index (χ1v) is 5.34. The van der Waals surface area contributed by atoms with Gasteiger partial charge in [-0.1, -0.05) is 24.3 Å². The summed E-state index contributed by atoms with van der Waals surface area (Å²) in [5, 5.41) is 0. The third kappa shape index (κ3) is 1.87. The Balaban J connectivity index is 2.18. The predicted octanol–water partition coefficient (Wildman–Crippen LogP) is 2.77. The fourth-order valence-electron chi connectivity index (χ4n) is 2.26. The SMILES string of the molecule is CC(=O)C1CCc2ccccc2CC1. The van der Waals surface area contributed by atoms with E-state index in [2.05, 4.69) is 24.3 Å². The summed E-state index contributed by atoms with van der Waals surface area (Å²) in [7, 11) is 0. The van der Waals surface area contributed by atoms with E-state index in [1.165, 1.54) is 11.1 Å². The number of carbonyl (C=O) groups excluding carboxylic acids is 1. The monoisotopic (exact) mass is 188 g/mol. The van der Waals surface area contributed by atoms with Gasteiger partial charge in [-0.15, -0.1) is 0 Å². The zero-order valence-corrected chi connectivity index (χ0v) is 8.62. The van der Waals surface area contributed by atoms with Crippen LogP contribution in [0.4, 0.5) is 0 Å². The summed E-state index contributed by atoms with van der Waals surface area (Å²) < 4.78 is 0. The molecule has 1 nitrogen and oxygen atoms in total. The highest BCUT2D eigenvalue weighted by Crippen LogP contribution is 2.24. The second-order valence-electron chi connectivity index (χ2n) is 4.15. The normalized spacial score (nSPS) is 17.2. The highest BCUT2D eigenvalue weighted by Gasteiger charge is 2.18. The molecular formula is C13H16O. The van der Waals surface area contributed by atoms with Crippen LogP contribution < -0.4 is 0 Å². The van der Waals surface area contributed by atoms with Crippen LogP contribution in [0, 0.1) is 5.92 Å². The van der Waals surface area contributed by atoms with Crippen LogP contribution in [-0.4, -0.2) is 5.78 Å². The van der Waals surface area contributed by atoms with Crippen LogP contribution >= 0.6 is 0 Å². The van der Waals surface area contributed by atoms with E-state index in [9.17, 15) is 4.79 Å². The quantitative estimate of drug-likeness (QED) is 0.619. The molecule has 1 aromatic rings. The van der Waals surface area contributed by atoms with Crippen molar-refractivity contribution in [1.82, 2.24) is 0 Å². The number of carbonyl (C=O) groups is 1. The molecule has 0 saturated heterocycles. The van der Waals surface area contributed by atoms with Crippen molar-refractivity contribution in [3.63, 3.8) is 0 Å². The van der Waals surface area contributed by atoms with Crippen molar-refractivity contribution in [2.45, 2.75) is 32.6 Å². The molecule has 2 rings (SSSR count). The van der Waals surface area contributed by atoms with Gasteiger partial charge in [-0.05, 0) is 43.7 Å². The molecule has 0 bridgehead atoms. The summed E-state index contributed by atoms with van der Waals surface area (Å²) in [6.07, 6.45) is 4.21. The Morgan fingerprint density at radius 2 is 1.64 bits per heavy atom. The maximum Gasteiger partial charge on any atom is 0.132 e. The van der Waals surface area contributed by atoms with Crippen LogP contribution in [0.2, 0.25) is 0 Å². The zero-order chi connectivity index (χ0) is 9.97. The van der Waals surface area contributed by atoms with E-state index in [1.807, 2.05) is 0 Å². The second-order valence-corrected chi connectivity index (χ2v) is 4.15. The smallest absolute Gasteiger partial charge is 0.132 e. The molecule has 0 heterocycles. The summed E-state index contributed by atoms with van der Waals surface area (Å²) >= 11 is 0. The molecule has 0 radical (unpaired) electrons. The fraction of sp³-hybridized carbons (Fsp3) is 0.462. The van der Waals surface area contributed by atoms with Crippen molar-refractivity contribution < 1.29 is 4.79 Å². The van der Waals surface area contributed by atoms with Gasteiger partial charge in [-0.3, -0.25) is 4.79 Å². The van der Waals surface area contributed by atoms with E-state index in [1.54, 1.807) is 6.92 Å². The van der Waals surface area contributed by atoms with Crippen molar-refractivity contribution in [3.8, 4) is 0 Å². The average molecular weight is 188 g/mol. The first-order valence-electron chi connectivity index (χ1n) is 5.34. The van der Waals surface area contributed by atoms with Gasteiger partial charge in [0.2, 0.25) is 0 Å². The van der Waals surface area contributed by atoms with Gasteiger partial charge >= 0.3 is 0 Å². The molecule has 0 aliphatic heterocycles. The van der Waals surface area contributed by atoms with Crippen LogP contribution in [-0.2, 0) is 17.6 Å². The Labute approximate surface area is 85.1 Å². The van der Waals surface area contributed by atoms with E-state index < -0.39 is 0 Å². The van der Waals surface area contributed by atoms with E-state index in [0.717, 1.165) is 25.7 Å². The Bertz CT molecular complexity index is 314. The molecule has 1 aromatic carbocycles. The number of rotatable bonds is 1. The Morgan fingerprint density at radius 1 is 1.14 bits per heavy atom. The van der Waals surface area contributed by atoms with Gasteiger partial charge in [-0.25, -0.2) is 0 Å². The minimum Gasteiger partial charge on any atom is -0.300 e. The minimum absolute atomic E-state index is 0.294. The molecule has 14 heavy (non-hydrogen) atoms. The third-order valence-corrected chi connectivity index (χ3v) is 3.22. The fourth-order valence-corrected chi connectivity index (χ4v) is 2.26. The van der Waals surface area contributed by atoms with Crippen LogP contribution in [0.1, 0.15) is 30.9 Å². The molecule has 74 valence electrons. The van der Waals surface area contributed by atoms with Crippen molar-refractivity contribution >= 4 is 5.78 Å². The largest absolute Gasteiger partial charge is 0.300 e. The number of Topliss-reactive ketones (excluding diaryl/α,β-unsaturated/α-hetero) is 1. The standard InChI is InChI=1S/C13H16O/c1-10(14)11-6-8-12-4-2-3-5-13(12)9-7-11/h2-5,11H,6-9H2,1H3. The Kier molecular flexibility index (Phi) is 2.67. The molecule has 1 aliphatic rings. The highest BCUT2D eigenvalue weighted by molar-refractivity contribution is 5.78. The molecule has 0 saturated carbocycles. The molecule has 1 heteroatoms. The second kappa shape index (κ2) is 3.95. The van der Waals surface area contributed by atoms with E-state index in [4.69, 9.17) is 0 Å². The number of aryl methyl sites for hydroxylation is 2. The van der Waals surface area contributed by atoms with Crippen molar-refractivity contribution in [1.29, 1.82) is 0 Å². The average Bonchev–Trinajstić information content (AvgIpc) is 2.39. The lowest BCUT2D eigenvalue weighted by molar-refractivity contribution is -0.121. The first kappa shape index (κ1) is 9.45. The maximum atomic E-state index is 11.3. The molecule has 0 spiro atoms. The number of fused-ring (bicyclic) bond motifs is 1. The lowest BCUT2D eigenvalue weighted by Gasteiger charge is -2.07. The first-order chi connectivity index (χ1) is 6.77. The summed E-state index contributed by atoms with van der Waals surface area (Å²) in [5.74, 6) is 0.653. The summed E-state index contributed by atoms with van der Waals surface area (Å²) in [6.45, 7) is 1.72. The molecule has 0 unspecified atom stereocenters. The number of benzene rings is 1. The van der Waals surface area contributed by atoms with Gasteiger partial charge in [0, 0.05) is 5.92 Å². The van der Waals surface area contributed by atoms with Crippen molar-refractivity contribution in [2.75, 3.05) is 0 Å². The highest BCUT2D eigenvalue weighted by atomic mass is 16.1. The van der Waals surface area contributed by atoms with Gasteiger partial charge in [0.25, 0.3) is 0 Å².